The average molecular weight is 663 g/mol. The van der Waals surface area contributed by atoms with E-state index in [-0.39, 0.29) is 38.9 Å². The lowest BCUT2D eigenvalue weighted by Gasteiger charge is -2.57. The molecule has 0 unspecified atom stereocenters. The number of rotatable bonds is 7. The summed E-state index contributed by atoms with van der Waals surface area (Å²) in [6, 6.07) is -1.89. The quantitative estimate of drug-likeness (QED) is 0.238. The molecule has 1 aromatic heterocycles. The van der Waals surface area contributed by atoms with Gasteiger partial charge in [-0.25, -0.2) is 32.5 Å². The third-order valence-corrected chi connectivity index (χ3v) is 8.37. The van der Waals surface area contributed by atoms with Gasteiger partial charge in [0.1, 0.15) is 13.5 Å². The predicted octanol–water partition coefficient (Wildman–Crippen LogP) is 0.871. The number of aromatic nitrogens is 2. The first kappa shape index (κ1) is 32.2. The molecule has 17 nitrogen and oxygen atoms in total. The minimum Gasteiger partial charge on any atom is -0.372 e. The molecule has 2 aromatic rings. The van der Waals surface area contributed by atoms with Crippen LogP contribution in [0.25, 0.3) is 11.3 Å². The van der Waals surface area contributed by atoms with Crippen LogP contribution in [0.5, 0.6) is 0 Å². The highest BCUT2D eigenvalue weighted by Crippen LogP contribution is 2.52. The van der Waals surface area contributed by atoms with Gasteiger partial charge >= 0.3 is 21.7 Å². The minimum atomic E-state index is -5.31. The zero-order valence-corrected chi connectivity index (χ0v) is 24.6. The number of fused-ring (bicyclic) bond motifs is 4. The Bertz CT molecular complexity index is 1570. The first-order chi connectivity index (χ1) is 20.5. The number of ether oxygens (including phenoxy) is 1. The van der Waals surface area contributed by atoms with Gasteiger partial charge in [0, 0.05) is 30.9 Å². The molecule has 3 aliphatic heterocycles. The van der Waals surface area contributed by atoms with Crippen molar-refractivity contribution < 1.29 is 65.7 Å². The van der Waals surface area contributed by atoms with Crippen LogP contribution in [0.4, 0.5) is 19.3 Å². The number of hydrogen-bond donors (Lipinski definition) is 4. The third kappa shape index (κ3) is 5.55. The highest BCUT2D eigenvalue weighted by atomic mass is 31.2. The molecule has 0 saturated carbocycles. The van der Waals surface area contributed by atoms with Crippen LogP contribution in [0.15, 0.2) is 24.7 Å². The van der Waals surface area contributed by atoms with Gasteiger partial charge in [-0.3, -0.25) is 28.6 Å². The lowest BCUT2D eigenvalue weighted by atomic mass is 9.65. The summed E-state index contributed by atoms with van der Waals surface area (Å²) in [4.78, 5) is 88.1. The Hall–Kier alpha value is -3.25. The van der Waals surface area contributed by atoms with Gasteiger partial charge in [-0.05, 0) is 25.5 Å². The topological polar surface area (TPSA) is 229 Å². The van der Waals surface area contributed by atoms with E-state index < -0.39 is 88.7 Å². The molecule has 0 radical (unpaired) electrons. The molecule has 44 heavy (non-hydrogen) atoms. The summed E-state index contributed by atoms with van der Waals surface area (Å²) in [5, 5.41) is 0. The van der Waals surface area contributed by atoms with Gasteiger partial charge in [0.2, 0.25) is 0 Å². The third-order valence-electron chi connectivity index (χ3n) is 7.47. The number of barbiturate groups is 1. The molecule has 5 rings (SSSR count). The maximum Gasteiger partial charge on any atom is 0.471 e. The normalized spacial score (nSPS) is 23.7. The molecule has 0 bridgehead atoms. The number of carbonyl (C=O) groups is 3. The lowest BCUT2D eigenvalue weighted by molar-refractivity contribution is -0.171. The highest BCUT2D eigenvalue weighted by molar-refractivity contribution is 7.46. The second-order valence-corrected chi connectivity index (χ2v) is 12.8. The summed E-state index contributed by atoms with van der Waals surface area (Å²) in [6.07, 6.45) is 1.22. The molecular formula is C23H25F2N5O12P2. The Balaban J connectivity index is 1.74. The van der Waals surface area contributed by atoms with Gasteiger partial charge in [0.15, 0.2) is 17.0 Å². The van der Waals surface area contributed by atoms with Crippen LogP contribution in [0, 0.1) is 17.0 Å². The fourth-order valence-electron chi connectivity index (χ4n) is 5.96. The van der Waals surface area contributed by atoms with E-state index in [0.717, 1.165) is 12.3 Å². The van der Waals surface area contributed by atoms with E-state index in [1.807, 2.05) is 0 Å². The number of nitrogens with zero attached hydrogens (tertiary/aromatic N) is 5. The number of hydrogen-bond acceptors (Lipinski definition) is 11. The standard InChI is InChI=1S/C23H25F2N5O12P2/c1-11-8-28-18-13(5-14(16(24)17(18)25)15-7-26-3-4-27-15)6-23(19(28)12(2)42-11)20(31)29(9-40-43(34,35)36)22(33)30(21(23)32)10-41-44(37,38)39/h3-5,7,11-12,19H,6,8-10H2,1-2H3,(H2,34,35,36)(H2,37,38,39)/t11-,12+,19-/m0/s1. The molecular weight excluding hydrogens is 638 g/mol. The second-order valence-electron chi connectivity index (χ2n) is 10.3. The molecule has 21 heteroatoms. The summed E-state index contributed by atoms with van der Waals surface area (Å²) in [7, 11) is -10.6. The zero-order valence-electron chi connectivity index (χ0n) is 22.8. The van der Waals surface area contributed by atoms with Crippen molar-refractivity contribution in [2.45, 2.75) is 38.5 Å². The number of morpholine rings is 1. The number of phosphoric ester groups is 2. The van der Waals surface area contributed by atoms with E-state index in [4.69, 9.17) is 4.74 Å². The van der Waals surface area contributed by atoms with Gasteiger partial charge in [-0.1, -0.05) is 0 Å². The van der Waals surface area contributed by atoms with Crippen molar-refractivity contribution in [3.8, 4) is 11.3 Å². The van der Waals surface area contributed by atoms with Crippen LogP contribution in [0.3, 0.4) is 0 Å². The van der Waals surface area contributed by atoms with Gasteiger partial charge in [-0.2, -0.15) is 0 Å². The number of benzene rings is 1. The maximum absolute atomic E-state index is 16.0. The van der Waals surface area contributed by atoms with Crippen molar-refractivity contribution in [2.24, 2.45) is 5.41 Å². The maximum atomic E-state index is 16.0. The number of urea groups is 1. The van der Waals surface area contributed by atoms with Crippen LogP contribution >= 0.6 is 15.6 Å². The fraction of sp³-hybridized carbons (Fsp3) is 0.435. The van der Waals surface area contributed by atoms with Gasteiger partial charge in [-0.15, -0.1) is 0 Å². The van der Waals surface area contributed by atoms with E-state index in [1.165, 1.54) is 24.2 Å². The van der Waals surface area contributed by atoms with Crippen LogP contribution in [-0.4, -0.2) is 95.4 Å². The number of anilines is 1. The molecule has 3 atom stereocenters. The average Bonchev–Trinajstić information content (AvgIpc) is 2.92. The van der Waals surface area contributed by atoms with Gasteiger partial charge in [0.05, 0.1) is 35.8 Å². The smallest absolute Gasteiger partial charge is 0.372 e. The molecule has 4 heterocycles. The number of amides is 4. The SMILES string of the molecule is C[C@H]1CN2c3c(cc(-c4cnccn4)c(F)c3F)CC3(C(=O)N(COP(=O)(O)O)C(=O)N(COP(=O)(O)O)C3=O)[C@@H]2[C@@H](C)O1. The fourth-order valence-corrected chi connectivity index (χ4v) is 6.49. The summed E-state index contributed by atoms with van der Waals surface area (Å²) in [5.41, 5.74) is -3.32. The molecule has 2 saturated heterocycles. The van der Waals surface area contributed by atoms with Crippen molar-refractivity contribution in [1.29, 1.82) is 0 Å². The monoisotopic (exact) mass is 663 g/mol. The minimum absolute atomic E-state index is 0.0867. The van der Waals surface area contributed by atoms with E-state index in [1.54, 1.807) is 6.92 Å². The second kappa shape index (κ2) is 11.3. The Morgan fingerprint density at radius 2 is 1.59 bits per heavy atom. The molecule has 0 aliphatic carbocycles. The van der Waals surface area contributed by atoms with E-state index >= 15 is 8.78 Å². The number of carbonyl (C=O) groups excluding carboxylic acids is 3. The van der Waals surface area contributed by atoms with Crippen LogP contribution in [-0.2, 0) is 38.9 Å². The van der Waals surface area contributed by atoms with Gasteiger partial charge in [0.25, 0.3) is 11.8 Å². The number of imide groups is 2. The van der Waals surface area contributed by atoms with Gasteiger partial charge < -0.3 is 29.2 Å². The summed E-state index contributed by atoms with van der Waals surface area (Å²) in [5.74, 6) is -5.32. The van der Waals surface area contributed by atoms with Crippen LogP contribution < -0.4 is 4.90 Å². The van der Waals surface area contributed by atoms with E-state index in [0.29, 0.717) is 0 Å². The lowest BCUT2D eigenvalue weighted by Crippen LogP contribution is -2.76. The van der Waals surface area contributed by atoms with Crippen molar-refractivity contribution >= 4 is 39.2 Å². The van der Waals surface area contributed by atoms with Crippen molar-refractivity contribution in [3.05, 3.63) is 41.9 Å². The van der Waals surface area contributed by atoms with Crippen molar-refractivity contribution in [1.82, 2.24) is 19.8 Å². The van der Waals surface area contributed by atoms with Crippen molar-refractivity contribution in [2.75, 3.05) is 24.9 Å². The summed E-state index contributed by atoms with van der Waals surface area (Å²) in [6.45, 7) is 0.0715. The van der Waals surface area contributed by atoms with Crippen molar-refractivity contribution in [3.63, 3.8) is 0 Å². The van der Waals surface area contributed by atoms with E-state index in [2.05, 4.69) is 19.0 Å². The Kier molecular flexibility index (Phi) is 8.24. The number of halogens is 2. The molecule has 1 spiro atoms. The Labute approximate surface area is 246 Å². The highest BCUT2D eigenvalue weighted by Gasteiger charge is 2.67. The first-order valence-corrected chi connectivity index (χ1v) is 15.8. The zero-order chi connectivity index (χ0) is 32.4. The Morgan fingerprint density at radius 3 is 2.11 bits per heavy atom. The predicted molar refractivity (Wildman–Crippen MR) is 140 cm³/mol. The molecule has 3 aliphatic rings. The summed E-state index contributed by atoms with van der Waals surface area (Å²) >= 11 is 0. The molecule has 238 valence electrons. The Morgan fingerprint density at radius 1 is 1.00 bits per heavy atom. The molecule has 1 aromatic carbocycles. The van der Waals surface area contributed by atoms with Crippen LogP contribution in [0.1, 0.15) is 19.4 Å². The molecule has 4 N–H and O–H groups in total. The first-order valence-electron chi connectivity index (χ1n) is 12.7. The largest absolute Gasteiger partial charge is 0.471 e. The van der Waals surface area contributed by atoms with Crippen LogP contribution in [0.2, 0.25) is 0 Å². The van der Waals surface area contributed by atoms with E-state index in [9.17, 15) is 43.1 Å². The summed E-state index contributed by atoms with van der Waals surface area (Å²) < 4.78 is 69.1. The number of phosphoric acid groups is 2. The molecule has 4 amide bonds. The molecule has 2 fully saturated rings.